The Morgan fingerprint density at radius 2 is 1.77 bits per heavy atom. The molecular weight excluding hydrogens is 396 g/mol. The molecule has 1 atom stereocenters. The minimum absolute atomic E-state index is 0.0991. The molecule has 0 aromatic heterocycles. The molecule has 10 heteroatoms. The highest BCUT2D eigenvalue weighted by Gasteiger charge is 2.28. The number of rotatable bonds is 9. The third kappa shape index (κ3) is 5.16. The van der Waals surface area contributed by atoms with Crippen LogP contribution in [0.4, 0.5) is 11.4 Å². The van der Waals surface area contributed by atoms with Gasteiger partial charge in [-0.25, -0.2) is 4.79 Å². The van der Waals surface area contributed by atoms with Crippen molar-refractivity contribution >= 4 is 23.3 Å². The van der Waals surface area contributed by atoms with Crippen LogP contribution in [0.2, 0.25) is 0 Å². The predicted octanol–water partition coefficient (Wildman–Crippen LogP) is 3.19. The fourth-order valence-corrected chi connectivity index (χ4v) is 2.55. The highest BCUT2D eigenvalue weighted by atomic mass is 16.6. The molecule has 0 heterocycles. The van der Waals surface area contributed by atoms with Gasteiger partial charge < -0.3 is 24.3 Å². The zero-order valence-electron chi connectivity index (χ0n) is 17.0. The maximum atomic E-state index is 12.6. The van der Waals surface area contributed by atoms with E-state index in [1.54, 1.807) is 31.2 Å². The fourth-order valence-electron chi connectivity index (χ4n) is 2.55. The highest BCUT2D eigenvalue weighted by molar-refractivity contribution is 6.00. The van der Waals surface area contributed by atoms with Gasteiger partial charge in [0.2, 0.25) is 0 Å². The van der Waals surface area contributed by atoms with Crippen molar-refractivity contribution in [1.29, 1.82) is 0 Å². The first-order valence-corrected chi connectivity index (χ1v) is 8.96. The molecule has 0 radical (unpaired) electrons. The number of hydrogen-bond donors (Lipinski definition) is 1. The van der Waals surface area contributed by atoms with E-state index in [4.69, 9.17) is 18.9 Å². The van der Waals surface area contributed by atoms with E-state index in [1.165, 1.54) is 21.1 Å². The van der Waals surface area contributed by atoms with Gasteiger partial charge in [0.05, 0.1) is 37.5 Å². The lowest BCUT2D eigenvalue weighted by atomic mass is 10.1. The van der Waals surface area contributed by atoms with E-state index in [9.17, 15) is 19.7 Å². The lowest BCUT2D eigenvalue weighted by Gasteiger charge is -2.16. The first-order valence-electron chi connectivity index (χ1n) is 8.96. The van der Waals surface area contributed by atoms with Crippen LogP contribution in [0, 0.1) is 10.1 Å². The number of hydrogen-bond acceptors (Lipinski definition) is 8. The summed E-state index contributed by atoms with van der Waals surface area (Å²) in [5.74, 6) is -1.01. The lowest BCUT2D eigenvalue weighted by molar-refractivity contribution is -0.385. The summed E-state index contributed by atoms with van der Waals surface area (Å²) in [6.07, 6.45) is -1.24. The third-order valence-corrected chi connectivity index (χ3v) is 4.02. The number of esters is 1. The van der Waals surface area contributed by atoms with Crippen LogP contribution in [0.15, 0.2) is 36.4 Å². The largest absolute Gasteiger partial charge is 0.495 e. The highest BCUT2D eigenvalue weighted by Crippen LogP contribution is 2.35. The van der Waals surface area contributed by atoms with Gasteiger partial charge in [-0.2, -0.15) is 0 Å². The van der Waals surface area contributed by atoms with Crippen LogP contribution in [0.1, 0.15) is 24.2 Å². The van der Waals surface area contributed by atoms with E-state index in [2.05, 4.69) is 5.32 Å². The van der Waals surface area contributed by atoms with E-state index < -0.39 is 28.6 Å². The standard InChI is InChI=1S/C20H22N2O8/c1-5-29-18-10-13(15(22(25)26)11-17(18)28-4)20(24)30-12(2)19(23)21-14-8-6-7-9-16(14)27-3/h6-12H,5H2,1-4H3,(H,21,23)/t12-/m1/s1. The summed E-state index contributed by atoms with van der Waals surface area (Å²) in [4.78, 5) is 35.7. The first kappa shape index (κ1) is 22.5. The maximum Gasteiger partial charge on any atom is 0.346 e. The monoisotopic (exact) mass is 418 g/mol. The summed E-state index contributed by atoms with van der Waals surface area (Å²) in [6.45, 7) is 3.31. The molecule has 0 unspecified atom stereocenters. The number of carbonyl (C=O) groups is 2. The summed E-state index contributed by atoms with van der Waals surface area (Å²) in [5.41, 5.74) is -0.499. The number of amides is 1. The van der Waals surface area contributed by atoms with Crippen molar-refractivity contribution < 1.29 is 33.5 Å². The molecule has 0 bridgehead atoms. The molecule has 0 aliphatic heterocycles. The molecule has 10 nitrogen and oxygen atoms in total. The number of nitrogens with zero attached hydrogens (tertiary/aromatic N) is 1. The lowest BCUT2D eigenvalue weighted by Crippen LogP contribution is -2.30. The van der Waals surface area contributed by atoms with Gasteiger partial charge >= 0.3 is 5.97 Å². The topological polar surface area (TPSA) is 126 Å². The number of nitro groups is 1. The first-order chi connectivity index (χ1) is 14.3. The molecule has 2 rings (SSSR count). The number of para-hydroxylation sites is 2. The molecule has 0 saturated carbocycles. The summed E-state index contributed by atoms with van der Waals surface area (Å²) in [7, 11) is 2.77. The Kier molecular flexibility index (Phi) is 7.56. The third-order valence-electron chi connectivity index (χ3n) is 4.02. The number of carbonyl (C=O) groups excluding carboxylic acids is 2. The van der Waals surface area contributed by atoms with Crippen LogP contribution in [0.25, 0.3) is 0 Å². The second-order valence-corrected chi connectivity index (χ2v) is 5.95. The van der Waals surface area contributed by atoms with Crippen molar-refractivity contribution in [3.63, 3.8) is 0 Å². The summed E-state index contributed by atoms with van der Waals surface area (Å²) in [5, 5.41) is 14.0. The molecule has 2 aromatic rings. The molecule has 1 amide bonds. The molecule has 0 aliphatic carbocycles. The molecule has 0 saturated heterocycles. The van der Waals surface area contributed by atoms with Gasteiger partial charge in [0, 0.05) is 6.07 Å². The van der Waals surface area contributed by atoms with E-state index in [0.717, 1.165) is 12.1 Å². The van der Waals surface area contributed by atoms with E-state index in [-0.39, 0.29) is 23.7 Å². The summed E-state index contributed by atoms with van der Waals surface area (Å²) < 4.78 is 20.7. The smallest absolute Gasteiger partial charge is 0.346 e. The van der Waals surface area contributed by atoms with Gasteiger partial charge in [-0.3, -0.25) is 14.9 Å². The minimum Gasteiger partial charge on any atom is -0.495 e. The predicted molar refractivity (Wildman–Crippen MR) is 107 cm³/mol. The Balaban J connectivity index is 2.24. The normalized spacial score (nSPS) is 11.2. The Bertz CT molecular complexity index is 944. The van der Waals surface area contributed by atoms with Crippen LogP contribution in [0.5, 0.6) is 17.2 Å². The Morgan fingerprint density at radius 3 is 2.37 bits per heavy atom. The van der Waals surface area contributed by atoms with Gasteiger partial charge in [0.1, 0.15) is 11.3 Å². The van der Waals surface area contributed by atoms with Gasteiger partial charge in [0.15, 0.2) is 17.6 Å². The maximum absolute atomic E-state index is 12.6. The number of ether oxygens (including phenoxy) is 4. The van der Waals surface area contributed by atoms with Crippen molar-refractivity contribution in [2.24, 2.45) is 0 Å². The van der Waals surface area contributed by atoms with E-state index in [1.807, 2.05) is 0 Å². The van der Waals surface area contributed by atoms with Gasteiger partial charge in [-0.05, 0) is 26.0 Å². The van der Waals surface area contributed by atoms with Crippen molar-refractivity contribution in [2.75, 3.05) is 26.1 Å². The Hall–Kier alpha value is -3.82. The zero-order valence-corrected chi connectivity index (χ0v) is 17.0. The average molecular weight is 418 g/mol. The van der Waals surface area contributed by atoms with Gasteiger partial charge in [0.25, 0.3) is 11.6 Å². The van der Waals surface area contributed by atoms with E-state index >= 15 is 0 Å². The molecule has 0 spiro atoms. The molecule has 1 N–H and O–H groups in total. The molecule has 0 aliphatic rings. The van der Waals surface area contributed by atoms with Crippen LogP contribution in [-0.2, 0) is 9.53 Å². The zero-order chi connectivity index (χ0) is 22.3. The van der Waals surface area contributed by atoms with Gasteiger partial charge in [-0.1, -0.05) is 12.1 Å². The second kappa shape index (κ2) is 10.1. The number of methoxy groups -OCH3 is 2. The van der Waals surface area contributed by atoms with Crippen molar-refractivity contribution in [1.82, 2.24) is 0 Å². The molecule has 160 valence electrons. The Morgan fingerprint density at radius 1 is 1.10 bits per heavy atom. The number of anilines is 1. The molecular formula is C20H22N2O8. The molecule has 30 heavy (non-hydrogen) atoms. The van der Waals surface area contributed by atoms with E-state index in [0.29, 0.717) is 11.4 Å². The van der Waals surface area contributed by atoms with Crippen molar-refractivity contribution in [3.8, 4) is 17.2 Å². The fraction of sp³-hybridized carbons (Fsp3) is 0.300. The quantitative estimate of drug-likeness (QED) is 0.374. The van der Waals surface area contributed by atoms with Crippen LogP contribution in [0.3, 0.4) is 0 Å². The summed E-state index contributed by atoms with van der Waals surface area (Å²) in [6, 6.07) is 8.94. The van der Waals surface area contributed by atoms with Gasteiger partial charge in [-0.15, -0.1) is 0 Å². The second-order valence-electron chi connectivity index (χ2n) is 5.95. The number of nitro benzene ring substituents is 1. The molecule has 0 fully saturated rings. The summed E-state index contributed by atoms with van der Waals surface area (Å²) >= 11 is 0. The van der Waals surface area contributed by atoms with Crippen molar-refractivity contribution in [3.05, 3.63) is 52.1 Å². The SMILES string of the molecule is CCOc1cc(C(=O)O[C@H](C)C(=O)Nc2ccccc2OC)c([N+](=O)[O-])cc1OC. The molecule has 2 aromatic carbocycles. The minimum atomic E-state index is -1.24. The van der Waals surface area contributed by atoms with Crippen LogP contribution >= 0.6 is 0 Å². The Labute approximate surface area is 172 Å². The van der Waals surface area contributed by atoms with Crippen LogP contribution in [-0.4, -0.2) is 43.7 Å². The van der Waals surface area contributed by atoms with Crippen molar-refractivity contribution in [2.45, 2.75) is 20.0 Å². The number of nitrogens with one attached hydrogen (secondary N) is 1. The number of benzene rings is 2. The van der Waals surface area contributed by atoms with Crippen LogP contribution < -0.4 is 19.5 Å². The average Bonchev–Trinajstić information content (AvgIpc) is 2.73.